The minimum atomic E-state index is -4.66. The third kappa shape index (κ3) is 4.83. The molecule has 2 aromatic carbocycles. The van der Waals surface area contributed by atoms with E-state index in [4.69, 9.17) is 0 Å². The van der Waals surface area contributed by atoms with Crippen LogP contribution >= 0.6 is 0 Å². The standard InChI is InChI=1S/C27H26F3N5O/c1-18-8-9-21(14-19(18)2)22-15-24(27(28,29)30)35-25(31-22)16-23(32-35)26(36)34-12-10-33(11-13-34)17-20-6-4-3-5-7-20/h3-9,14-16H,10-13,17H2,1-2H3. The van der Waals surface area contributed by atoms with Gasteiger partial charge in [0.25, 0.3) is 5.91 Å². The van der Waals surface area contributed by atoms with Crippen molar-refractivity contribution < 1.29 is 18.0 Å². The van der Waals surface area contributed by atoms with Crippen molar-refractivity contribution in [2.45, 2.75) is 26.6 Å². The second kappa shape index (κ2) is 9.39. The smallest absolute Gasteiger partial charge is 0.335 e. The highest BCUT2D eigenvalue weighted by Gasteiger charge is 2.36. The quantitative estimate of drug-likeness (QED) is 0.402. The minimum absolute atomic E-state index is 0.0101. The second-order valence-electron chi connectivity index (χ2n) is 9.18. The molecule has 0 radical (unpaired) electrons. The molecule has 0 N–H and O–H groups in total. The van der Waals surface area contributed by atoms with E-state index in [2.05, 4.69) is 27.1 Å². The third-order valence-electron chi connectivity index (χ3n) is 6.65. The minimum Gasteiger partial charge on any atom is -0.335 e. The zero-order valence-corrected chi connectivity index (χ0v) is 20.1. The Hall–Kier alpha value is -3.72. The SMILES string of the molecule is Cc1ccc(-c2cc(C(F)(F)F)n3nc(C(=O)N4CCN(Cc5ccccc5)CC4)cc3n2)cc1C. The van der Waals surface area contributed by atoms with Crippen molar-refractivity contribution >= 4 is 11.6 Å². The fourth-order valence-corrected chi connectivity index (χ4v) is 4.44. The topological polar surface area (TPSA) is 53.7 Å². The maximum Gasteiger partial charge on any atom is 0.433 e. The van der Waals surface area contributed by atoms with Crippen LogP contribution in [0.3, 0.4) is 0 Å². The lowest BCUT2D eigenvalue weighted by Crippen LogP contribution is -2.48. The molecule has 3 heterocycles. The number of carbonyl (C=O) groups excluding carboxylic acids is 1. The van der Waals surface area contributed by atoms with E-state index in [0.717, 1.165) is 28.3 Å². The van der Waals surface area contributed by atoms with E-state index in [1.54, 1.807) is 11.0 Å². The molecule has 1 amide bonds. The molecule has 1 aliphatic rings. The van der Waals surface area contributed by atoms with Gasteiger partial charge in [0.05, 0.1) is 5.69 Å². The summed E-state index contributed by atoms with van der Waals surface area (Å²) in [6, 6.07) is 17.8. The number of alkyl halides is 3. The number of aryl methyl sites for hydroxylation is 2. The Morgan fingerprint density at radius 2 is 1.64 bits per heavy atom. The summed E-state index contributed by atoms with van der Waals surface area (Å²) in [7, 11) is 0. The zero-order valence-electron chi connectivity index (χ0n) is 20.1. The van der Waals surface area contributed by atoms with Gasteiger partial charge in [-0.25, -0.2) is 9.50 Å². The Morgan fingerprint density at radius 3 is 2.31 bits per heavy atom. The highest BCUT2D eigenvalue weighted by Crippen LogP contribution is 2.33. The van der Waals surface area contributed by atoms with Crippen molar-refractivity contribution in [2.75, 3.05) is 26.2 Å². The van der Waals surface area contributed by atoms with Crippen LogP contribution in [0.4, 0.5) is 13.2 Å². The van der Waals surface area contributed by atoms with Crippen LogP contribution < -0.4 is 0 Å². The molecule has 0 unspecified atom stereocenters. The molecule has 0 atom stereocenters. The lowest BCUT2D eigenvalue weighted by Gasteiger charge is -2.34. The Kier molecular flexibility index (Phi) is 6.26. The van der Waals surface area contributed by atoms with Crippen LogP contribution in [-0.2, 0) is 12.7 Å². The molecule has 0 aliphatic carbocycles. The van der Waals surface area contributed by atoms with Crippen molar-refractivity contribution in [3.05, 3.63) is 88.7 Å². The zero-order chi connectivity index (χ0) is 25.4. The van der Waals surface area contributed by atoms with Crippen molar-refractivity contribution in [1.82, 2.24) is 24.4 Å². The number of aromatic nitrogens is 3. The summed E-state index contributed by atoms with van der Waals surface area (Å²) < 4.78 is 42.6. The predicted octanol–water partition coefficient (Wildman–Crippen LogP) is 4.99. The fraction of sp³-hybridized carbons (Fsp3) is 0.296. The van der Waals surface area contributed by atoms with E-state index < -0.39 is 11.9 Å². The molecule has 6 nitrogen and oxygen atoms in total. The maximum atomic E-state index is 14.0. The van der Waals surface area contributed by atoms with Crippen LogP contribution in [0.2, 0.25) is 0 Å². The molecule has 9 heteroatoms. The summed E-state index contributed by atoms with van der Waals surface area (Å²) in [4.78, 5) is 21.5. The summed E-state index contributed by atoms with van der Waals surface area (Å²) in [5, 5.41) is 4.04. The van der Waals surface area contributed by atoms with Gasteiger partial charge in [0.15, 0.2) is 17.0 Å². The van der Waals surface area contributed by atoms with Crippen LogP contribution in [0.1, 0.15) is 32.9 Å². The van der Waals surface area contributed by atoms with Crippen LogP contribution in [-0.4, -0.2) is 56.5 Å². The largest absolute Gasteiger partial charge is 0.433 e. The first-order chi connectivity index (χ1) is 17.2. The van der Waals surface area contributed by atoms with E-state index in [-0.39, 0.29) is 22.9 Å². The normalized spacial score (nSPS) is 15.0. The average molecular weight is 494 g/mol. The van der Waals surface area contributed by atoms with Crippen LogP contribution in [0.25, 0.3) is 16.9 Å². The number of piperazine rings is 1. The van der Waals surface area contributed by atoms with Crippen LogP contribution in [0.5, 0.6) is 0 Å². The lowest BCUT2D eigenvalue weighted by atomic mass is 10.0. The fourth-order valence-electron chi connectivity index (χ4n) is 4.44. The van der Waals surface area contributed by atoms with Gasteiger partial charge in [0, 0.05) is 44.4 Å². The van der Waals surface area contributed by atoms with E-state index in [1.165, 1.54) is 11.6 Å². The number of benzene rings is 2. The molecule has 4 aromatic rings. The van der Waals surface area contributed by atoms with Crippen molar-refractivity contribution in [3.63, 3.8) is 0 Å². The predicted molar refractivity (Wildman–Crippen MR) is 131 cm³/mol. The van der Waals surface area contributed by atoms with Gasteiger partial charge in [-0.2, -0.15) is 18.3 Å². The number of hydrogen-bond donors (Lipinski definition) is 0. The first kappa shape index (κ1) is 24.0. The second-order valence-corrected chi connectivity index (χ2v) is 9.18. The number of carbonyl (C=O) groups is 1. The molecule has 186 valence electrons. The summed E-state index contributed by atoms with van der Waals surface area (Å²) >= 11 is 0. The highest BCUT2D eigenvalue weighted by molar-refractivity contribution is 5.93. The first-order valence-electron chi connectivity index (χ1n) is 11.8. The molecule has 1 fully saturated rings. The van der Waals surface area contributed by atoms with Gasteiger partial charge in [0.1, 0.15) is 0 Å². The number of hydrogen-bond acceptors (Lipinski definition) is 4. The summed E-state index contributed by atoms with van der Waals surface area (Å²) in [5.74, 6) is -0.388. The van der Waals surface area contributed by atoms with Gasteiger partial charge in [-0.1, -0.05) is 42.5 Å². The van der Waals surface area contributed by atoms with Crippen LogP contribution in [0.15, 0.2) is 60.7 Å². The van der Waals surface area contributed by atoms with Gasteiger partial charge < -0.3 is 4.90 Å². The number of nitrogens with zero attached hydrogens (tertiary/aromatic N) is 5. The van der Waals surface area contributed by atoms with Crippen molar-refractivity contribution in [1.29, 1.82) is 0 Å². The highest BCUT2D eigenvalue weighted by atomic mass is 19.4. The maximum absolute atomic E-state index is 14.0. The molecule has 0 bridgehead atoms. The Labute approximate surface area is 207 Å². The van der Waals surface area contributed by atoms with Gasteiger partial charge in [-0.15, -0.1) is 0 Å². The van der Waals surface area contributed by atoms with Gasteiger partial charge in [0.2, 0.25) is 0 Å². The van der Waals surface area contributed by atoms with E-state index >= 15 is 0 Å². The van der Waals surface area contributed by atoms with Gasteiger partial charge in [-0.05, 0) is 42.7 Å². The van der Waals surface area contributed by atoms with Crippen molar-refractivity contribution in [3.8, 4) is 11.3 Å². The molecular formula is C27H26F3N5O. The molecule has 1 saturated heterocycles. The summed E-state index contributed by atoms with van der Waals surface area (Å²) in [5.41, 5.74) is 2.94. The molecule has 0 saturated carbocycles. The Bertz CT molecular complexity index is 1410. The van der Waals surface area contributed by atoms with Crippen molar-refractivity contribution in [2.24, 2.45) is 0 Å². The van der Waals surface area contributed by atoms with E-state index in [9.17, 15) is 18.0 Å². The lowest BCUT2D eigenvalue weighted by molar-refractivity contribution is -0.142. The number of amides is 1. The molecule has 1 aliphatic heterocycles. The Balaban J connectivity index is 1.40. The Morgan fingerprint density at radius 1 is 0.917 bits per heavy atom. The average Bonchev–Trinajstić information content (AvgIpc) is 3.29. The third-order valence-corrected chi connectivity index (χ3v) is 6.65. The van der Waals surface area contributed by atoms with Gasteiger partial charge in [-0.3, -0.25) is 9.69 Å². The molecule has 5 rings (SSSR count). The molecule has 36 heavy (non-hydrogen) atoms. The van der Waals surface area contributed by atoms with E-state index in [0.29, 0.717) is 31.7 Å². The summed E-state index contributed by atoms with van der Waals surface area (Å²) in [6.07, 6.45) is -4.66. The van der Waals surface area contributed by atoms with Gasteiger partial charge >= 0.3 is 6.18 Å². The number of fused-ring (bicyclic) bond motifs is 1. The number of rotatable bonds is 4. The first-order valence-corrected chi connectivity index (χ1v) is 11.8. The molecular weight excluding hydrogens is 467 g/mol. The monoisotopic (exact) mass is 493 g/mol. The summed E-state index contributed by atoms with van der Waals surface area (Å²) in [6.45, 7) is 6.94. The van der Waals surface area contributed by atoms with Crippen LogP contribution in [0, 0.1) is 13.8 Å². The number of halogens is 3. The molecule has 0 spiro atoms. The molecule has 2 aromatic heterocycles. The van der Waals surface area contributed by atoms with E-state index in [1.807, 2.05) is 44.2 Å².